The van der Waals surface area contributed by atoms with Crippen LogP contribution in [0.4, 0.5) is 0 Å². The van der Waals surface area contributed by atoms with E-state index >= 15 is 0 Å². The SMILES string of the molecule is NCCCNC(=O)CCCCCOC1CC(=O)C(O)C(CO)O1. The Kier molecular flexibility index (Phi) is 9.97. The van der Waals surface area contributed by atoms with Crippen molar-refractivity contribution in [3.63, 3.8) is 0 Å². The van der Waals surface area contributed by atoms with Crippen molar-refractivity contribution in [1.29, 1.82) is 0 Å². The Bertz CT molecular complexity index is 366. The number of nitrogens with two attached hydrogens (primary N) is 1. The van der Waals surface area contributed by atoms with Gasteiger partial charge in [-0.05, 0) is 25.8 Å². The van der Waals surface area contributed by atoms with Gasteiger partial charge in [0.2, 0.25) is 5.91 Å². The van der Waals surface area contributed by atoms with Gasteiger partial charge in [0.25, 0.3) is 0 Å². The predicted octanol–water partition coefficient (Wildman–Crippen LogP) is -0.934. The lowest BCUT2D eigenvalue weighted by Gasteiger charge is -2.31. The van der Waals surface area contributed by atoms with E-state index in [1.165, 1.54) is 0 Å². The van der Waals surface area contributed by atoms with Crippen LogP contribution in [0, 0.1) is 0 Å². The van der Waals surface area contributed by atoms with Gasteiger partial charge in [0.1, 0.15) is 12.2 Å². The van der Waals surface area contributed by atoms with Crippen LogP contribution >= 0.6 is 0 Å². The van der Waals surface area contributed by atoms with Crippen LogP contribution in [0.2, 0.25) is 0 Å². The Morgan fingerprint density at radius 3 is 2.83 bits per heavy atom. The van der Waals surface area contributed by atoms with Gasteiger partial charge in [0, 0.05) is 19.6 Å². The molecule has 0 aromatic heterocycles. The fraction of sp³-hybridized carbons (Fsp3) is 0.867. The van der Waals surface area contributed by atoms with Gasteiger partial charge in [-0.15, -0.1) is 0 Å². The van der Waals surface area contributed by atoms with E-state index in [9.17, 15) is 14.7 Å². The molecule has 1 saturated heterocycles. The number of rotatable bonds is 11. The molecule has 23 heavy (non-hydrogen) atoms. The number of Topliss-reactive ketones (excluding diaryl/α,β-unsaturated/α-hetero) is 1. The summed E-state index contributed by atoms with van der Waals surface area (Å²) in [7, 11) is 0. The van der Waals surface area contributed by atoms with Crippen molar-refractivity contribution >= 4 is 11.7 Å². The molecule has 0 saturated carbocycles. The van der Waals surface area contributed by atoms with Gasteiger partial charge in [-0.2, -0.15) is 0 Å². The molecule has 1 rings (SSSR count). The van der Waals surface area contributed by atoms with E-state index in [-0.39, 0.29) is 18.1 Å². The maximum absolute atomic E-state index is 11.5. The lowest BCUT2D eigenvalue weighted by atomic mass is 10.0. The molecular weight excluding hydrogens is 304 g/mol. The lowest BCUT2D eigenvalue weighted by Crippen LogP contribution is -2.48. The topological polar surface area (TPSA) is 131 Å². The number of hydrogen-bond acceptors (Lipinski definition) is 7. The lowest BCUT2D eigenvalue weighted by molar-refractivity contribution is -0.223. The highest BCUT2D eigenvalue weighted by Gasteiger charge is 2.36. The van der Waals surface area contributed by atoms with Crippen molar-refractivity contribution in [2.75, 3.05) is 26.3 Å². The molecule has 1 amide bonds. The van der Waals surface area contributed by atoms with Crippen LogP contribution in [0.25, 0.3) is 0 Å². The first-order valence-corrected chi connectivity index (χ1v) is 8.14. The first kappa shape index (κ1) is 20.0. The summed E-state index contributed by atoms with van der Waals surface area (Å²) in [5.74, 6) is -0.352. The predicted molar refractivity (Wildman–Crippen MR) is 82.5 cm³/mol. The molecule has 1 fully saturated rings. The van der Waals surface area contributed by atoms with Gasteiger partial charge in [0.15, 0.2) is 12.1 Å². The molecule has 0 aromatic carbocycles. The van der Waals surface area contributed by atoms with Crippen molar-refractivity contribution in [2.45, 2.75) is 57.0 Å². The van der Waals surface area contributed by atoms with E-state index in [0.717, 1.165) is 25.7 Å². The van der Waals surface area contributed by atoms with Crippen LogP contribution in [0.15, 0.2) is 0 Å². The molecule has 5 N–H and O–H groups in total. The highest BCUT2D eigenvalue weighted by Crippen LogP contribution is 2.18. The van der Waals surface area contributed by atoms with E-state index in [2.05, 4.69) is 5.32 Å². The Morgan fingerprint density at radius 2 is 2.13 bits per heavy atom. The zero-order chi connectivity index (χ0) is 17.1. The minimum absolute atomic E-state index is 0.0127. The van der Waals surface area contributed by atoms with Crippen molar-refractivity contribution in [3.8, 4) is 0 Å². The third-order valence-corrected chi connectivity index (χ3v) is 3.61. The standard InChI is InChI=1S/C15H28N2O6/c16-6-4-7-17-13(20)5-2-1-3-8-22-14-9-11(19)15(21)12(10-18)23-14/h12,14-15,18,21H,1-10,16H2,(H,17,20). The first-order chi connectivity index (χ1) is 11.1. The summed E-state index contributed by atoms with van der Waals surface area (Å²) in [6.45, 7) is 1.16. The highest BCUT2D eigenvalue weighted by molar-refractivity contribution is 5.84. The monoisotopic (exact) mass is 332 g/mol. The van der Waals surface area contributed by atoms with Crippen molar-refractivity contribution < 1.29 is 29.3 Å². The number of carbonyl (C=O) groups is 2. The summed E-state index contributed by atoms with van der Waals surface area (Å²) in [5.41, 5.74) is 5.34. The Labute approximate surface area is 136 Å². The summed E-state index contributed by atoms with van der Waals surface area (Å²) in [6, 6.07) is 0. The molecule has 1 aliphatic heterocycles. The van der Waals surface area contributed by atoms with E-state index in [1.54, 1.807) is 0 Å². The minimum atomic E-state index is -1.28. The molecule has 0 aliphatic carbocycles. The average Bonchev–Trinajstić information content (AvgIpc) is 2.54. The second-order valence-corrected chi connectivity index (χ2v) is 5.58. The largest absolute Gasteiger partial charge is 0.394 e. The number of ketones is 1. The van der Waals surface area contributed by atoms with E-state index in [1.807, 2.05) is 0 Å². The second kappa shape index (κ2) is 11.5. The fourth-order valence-corrected chi connectivity index (χ4v) is 2.25. The quantitative estimate of drug-likeness (QED) is 0.359. The molecule has 0 spiro atoms. The first-order valence-electron chi connectivity index (χ1n) is 8.14. The maximum atomic E-state index is 11.5. The van der Waals surface area contributed by atoms with E-state index in [4.69, 9.17) is 20.3 Å². The van der Waals surface area contributed by atoms with E-state index < -0.39 is 25.1 Å². The zero-order valence-electron chi connectivity index (χ0n) is 13.4. The number of ether oxygens (including phenoxy) is 2. The van der Waals surface area contributed by atoms with Crippen molar-refractivity contribution in [2.24, 2.45) is 5.73 Å². The van der Waals surface area contributed by atoms with Crippen LogP contribution in [0.1, 0.15) is 38.5 Å². The molecule has 3 unspecified atom stereocenters. The van der Waals surface area contributed by atoms with Gasteiger partial charge in [-0.1, -0.05) is 6.42 Å². The molecule has 1 heterocycles. The van der Waals surface area contributed by atoms with Gasteiger partial charge in [-0.25, -0.2) is 0 Å². The molecule has 8 heteroatoms. The second-order valence-electron chi connectivity index (χ2n) is 5.58. The van der Waals surface area contributed by atoms with Crippen LogP contribution in [-0.4, -0.2) is 66.7 Å². The van der Waals surface area contributed by atoms with Gasteiger partial charge in [0.05, 0.1) is 13.0 Å². The Hall–Kier alpha value is -1.06. The smallest absolute Gasteiger partial charge is 0.219 e. The summed E-state index contributed by atoms with van der Waals surface area (Å²) in [4.78, 5) is 23.0. The third-order valence-electron chi connectivity index (χ3n) is 3.61. The number of amides is 1. The van der Waals surface area contributed by atoms with Crippen LogP contribution in [0.5, 0.6) is 0 Å². The van der Waals surface area contributed by atoms with Gasteiger partial charge in [-0.3, -0.25) is 9.59 Å². The highest BCUT2D eigenvalue weighted by atomic mass is 16.7. The van der Waals surface area contributed by atoms with Crippen LogP contribution in [0.3, 0.4) is 0 Å². The summed E-state index contributed by atoms with van der Waals surface area (Å²) in [5, 5.41) is 21.3. The Morgan fingerprint density at radius 1 is 1.35 bits per heavy atom. The summed E-state index contributed by atoms with van der Waals surface area (Å²) in [6.07, 6.45) is 0.665. The Balaban J connectivity index is 2.04. The molecule has 0 bridgehead atoms. The molecule has 8 nitrogen and oxygen atoms in total. The van der Waals surface area contributed by atoms with Crippen LogP contribution in [-0.2, 0) is 19.1 Å². The molecule has 0 aromatic rings. The van der Waals surface area contributed by atoms with Crippen molar-refractivity contribution in [1.82, 2.24) is 5.32 Å². The third kappa shape index (κ3) is 7.85. The maximum Gasteiger partial charge on any atom is 0.219 e. The van der Waals surface area contributed by atoms with Crippen LogP contribution < -0.4 is 11.1 Å². The summed E-state index contributed by atoms with van der Waals surface area (Å²) < 4.78 is 10.7. The zero-order valence-corrected chi connectivity index (χ0v) is 13.4. The number of hydrogen-bond donors (Lipinski definition) is 4. The number of aliphatic hydroxyl groups excluding tert-OH is 2. The average molecular weight is 332 g/mol. The number of carbonyl (C=O) groups excluding carboxylic acids is 2. The van der Waals surface area contributed by atoms with Crippen molar-refractivity contribution in [3.05, 3.63) is 0 Å². The van der Waals surface area contributed by atoms with Gasteiger partial charge >= 0.3 is 0 Å². The van der Waals surface area contributed by atoms with Gasteiger partial charge < -0.3 is 30.7 Å². The molecule has 3 atom stereocenters. The molecule has 0 radical (unpaired) electrons. The minimum Gasteiger partial charge on any atom is -0.394 e. The number of aliphatic hydroxyl groups is 2. The molecular formula is C15H28N2O6. The normalized spacial score (nSPS) is 24.7. The molecule has 1 aliphatic rings. The molecule has 134 valence electrons. The number of nitrogens with one attached hydrogen (secondary N) is 1. The number of unbranched alkanes of at least 4 members (excludes halogenated alkanes) is 2. The fourth-order valence-electron chi connectivity index (χ4n) is 2.25. The summed E-state index contributed by atoms with van der Waals surface area (Å²) >= 11 is 0. The van der Waals surface area contributed by atoms with E-state index in [0.29, 0.717) is 26.1 Å².